The maximum atomic E-state index is 8.12. The van der Waals surface area contributed by atoms with Crippen LogP contribution in [0.4, 0.5) is 0 Å². The molecule has 0 bridgehead atoms. The van der Waals surface area contributed by atoms with E-state index < -0.39 is 43.5 Å². The molecule has 250 valence electrons. The third-order valence-electron chi connectivity index (χ3n) is 10.7. The fourth-order valence-electron chi connectivity index (χ4n) is 7.92. The quantitative estimate of drug-likeness (QED) is 0.147. The van der Waals surface area contributed by atoms with E-state index >= 15 is 0 Å². The summed E-state index contributed by atoms with van der Waals surface area (Å²) in [6, 6.07) is 39.1. The number of benzene rings is 5. The molecule has 0 spiro atoms. The summed E-state index contributed by atoms with van der Waals surface area (Å²) < 4.78 is 1.32. The van der Waals surface area contributed by atoms with E-state index in [9.17, 15) is 0 Å². The molecular weight excluding hydrogens is 763 g/mol. The summed E-state index contributed by atoms with van der Waals surface area (Å²) in [4.78, 5) is 0. The molecule has 0 saturated carbocycles. The Morgan fingerprint density at radius 2 is 1.24 bits per heavy atom. The number of fused-ring (bicyclic) bond motifs is 4. The number of halogens is 2. The first-order valence-corrected chi connectivity index (χ1v) is 35.0. The second-order valence-electron chi connectivity index (χ2n) is 17.2. The Morgan fingerprint density at radius 1 is 0.633 bits per heavy atom. The Kier molecular flexibility index (Phi) is 9.07. The zero-order valence-electron chi connectivity index (χ0n) is 30.4. The number of hydrogen-bond acceptors (Lipinski definition) is 0. The molecule has 1 aliphatic carbocycles. The standard InChI is InChI=1S/C31H39Si2.C12H9Si.2ClH.Zr/c1-31(2,3)25-17-23-15-16-28(22-13-11-10-12-14-22)30(29(23)20-25)24-18-26(32(4,5)6)21-27(19-24)33(7,8)9;1-3-7-11-9(5-1)10-6-2-4-8-12(10)13-11;;;/h10-21H,1-9H3;1-7H,13H2;2*1H;/q;;;;+2/p-2. The number of allylic oxidation sites excluding steroid dienone is 1. The van der Waals surface area contributed by atoms with E-state index in [0.717, 1.165) is 0 Å². The van der Waals surface area contributed by atoms with Crippen LogP contribution in [-0.4, -0.2) is 25.7 Å². The van der Waals surface area contributed by atoms with Crippen molar-refractivity contribution in [2.24, 2.45) is 5.41 Å². The summed E-state index contributed by atoms with van der Waals surface area (Å²) in [5, 5.41) is 6.05. The second kappa shape index (κ2) is 12.6. The summed E-state index contributed by atoms with van der Waals surface area (Å²) in [6.45, 7) is 21.9. The van der Waals surface area contributed by atoms with Crippen molar-refractivity contribution >= 4 is 72.8 Å². The molecule has 5 aromatic carbocycles. The van der Waals surface area contributed by atoms with Crippen LogP contribution in [0.25, 0.3) is 39.5 Å². The molecule has 5 aromatic rings. The van der Waals surface area contributed by atoms with Gasteiger partial charge in [-0.3, -0.25) is 0 Å². The first kappa shape index (κ1) is 35.4. The molecule has 0 radical (unpaired) electrons. The Hall–Kier alpha value is -2.05. The van der Waals surface area contributed by atoms with Crippen LogP contribution in [0.1, 0.15) is 35.5 Å². The molecule has 7 rings (SSSR count). The van der Waals surface area contributed by atoms with E-state index in [1.54, 1.807) is 0 Å². The fourth-order valence-corrected chi connectivity index (χ4v) is 27.5. The summed E-state index contributed by atoms with van der Waals surface area (Å²) in [6.07, 6.45) is 2.52. The van der Waals surface area contributed by atoms with Gasteiger partial charge in [-0.25, -0.2) is 0 Å². The van der Waals surface area contributed by atoms with Gasteiger partial charge in [0.25, 0.3) is 0 Å². The first-order valence-electron chi connectivity index (χ1n) is 17.7. The van der Waals surface area contributed by atoms with Gasteiger partial charge >= 0.3 is 313 Å². The molecule has 2 aliphatic rings. The molecule has 1 heterocycles. The minimum atomic E-state index is -4.17. The molecule has 0 saturated heterocycles. The molecule has 0 N–H and O–H groups in total. The van der Waals surface area contributed by atoms with Crippen LogP contribution in [0.5, 0.6) is 0 Å². The van der Waals surface area contributed by atoms with E-state index in [4.69, 9.17) is 17.0 Å². The van der Waals surface area contributed by atoms with E-state index in [-0.39, 0.29) is 9.04 Å². The van der Waals surface area contributed by atoms with Crippen LogP contribution in [0, 0.1) is 5.41 Å². The van der Waals surface area contributed by atoms with E-state index in [1.807, 2.05) is 0 Å². The summed E-state index contributed by atoms with van der Waals surface area (Å²) in [7, 11) is 12.3. The van der Waals surface area contributed by atoms with Crippen molar-refractivity contribution in [2.75, 3.05) is 0 Å². The van der Waals surface area contributed by atoms with Crippen molar-refractivity contribution < 1.29 is 17.9 Å². The van der Waals surface area contributed by atoms with Crippen LogP contribution in [0.2, 0.25) is 39.3 Å². The molecule has 49 heavy (non-hydrogen) atoms. The molecule has 1 unspecified atom stereocenters. The Morgan fingerprint density at radius 3 is 1.88 bits per heavy atom. The van der Waals surface area contributed by atoms with Gasteiger partial charge in [-0.1, -0.05) is 0 Å². The topological polar surface area (TPSA) is 0 Å². The van der Waals surface area contributed by atoms with Gasteiger partial charge in [0.2, 0.25) is 0 Å². The number of hydrogen-bond donors (Lipinski definition) is 0. The third-order valence-corrected chi connectivity index (χ3v) is 28.9. The van der Waals surface area contributed by atoms with Gasteiger partial charge in [0, 0.05) is 0 Å². The second-order valence-corrected chi connectivity index (χ2v) is 43.2. The third kappa shape index (κ3) is 6.38. The van der Waals surface area contributed by atoms with Crippen LogP contribution in [0.15, 0.2) is 109 Å². The van der Waals surface area contributed by atoms with Gasteiger partial charge in [0.05, 0.1) is 0 Å². The van der Waals surface area contributed by atoms with Crippen LogP contribution in [0.3, 0.4) is 0 Å². The zero-order chi connectivity index (χ0) is 35.1. The van der Waals surface area contributed by atoms with Gasteiger partial charge in [-0.2, -0.15) is 0 Å². The van der Waals surface area contributed by atoms with Crippen LogP contribution >= 0.6 is 17.0 Å². The predicted molar refractivity (Wildman–Crippen MR) is 224 cm³/mol. The Labute approximate surface area is 310 Å². The van der Waals surface area contributed by atoms with Crippen molar-refractivity contribution in [1.29, 1.82) is 0 Å². The molecule has 1 aliphatic heterocycles. The van der Waals surface area contributed by atoms with Crippen LogP contribution < -0.4 is 24.0 Å². The maximum absolute atomic E-state index is 8.12. The van der Waals surface area contributed by atoms with Crippen molar-refractivity contribution in [1.82, 2.24) is 0 Å². The normalized spacial score (nSPS) is 16.4. The monoisotopic (exact) mass is 808 g/mol. The SMILES string of the molecule is CC(C)(C)C1=Cc2c(ccc(-c3ccccc3)c2-c2cc([Si](C)(C)C)cc([Si](C)(C)C)c2)[CH]1[Zr]([Cl])([Cl])[c]1cccc2c1[SiH2]c1ccccc1-2. The van der Waals surface area contributed by atoms with Crippen molar-refractivity contribution in [3.63, 3.8) is 0 Å². The molecular formula is C43H48Cl2Si3Zr. The summed E-state index contributed by atoms with van der Waals surface area (Å²) >= 11 is -4.17. The van der Waals surface area contributed by atoms with Crippen LogP contribution in [-0.2, 0) is 17.9 Å². The Bertz CT molecular complexity index is 2100. The van der Waals surface area contributed by atoms with E-state index in [0.29, 0.717) is 0 Å². The van der Waals surface area contributed by atoms with Crippen molar-refractivity contribution in [3.8, 4) is 33.4 Å². The first-order chi connectivity index (χ1) is 23.0. The van der Waals surface area contributed by atoms with E-state index in [2.05, 4.69) is 169 Å². The number of rotatable bonds is 6. The van der Waals surface area contributed by atoms with Gasteiger partial charge in [-0.15, -0.1) is 0 Å². The fraction of sp³-hybridized carbons (Fsp3) is 0.256. The minimum absolute atomic E-state index is 0.0251. The van der Waals surface area contributed by atoms with Crippen molar-refractivity contribution in [2.45, 2.75) is 63.7 Å². The summed E-state index contributed by atoms with van der Waals surface area (Å²) in [5.74, 6) is 0. The molecule has 1 atom stereocenters. The average Bonchev–Trinajstić information content (AvgIpc) is 3.63. The summed E-state index contributed by atoms with van der Waals surface area (Å²) in [5.41, 5.74) is 11.9. The van der Waals surface area contributed by atoms with E-state index in [1.165, 1.54) is 74.1 Å². The Balaban J connectivity index is 1.51. The van der Waals surface area contributed by atoms with Gasteiger partial charge in [0.1, 0.15) is 0 Å². The van der Waals surface area contributed by atoms with Gasteiger partial charge in [-0.05, 0) is 0 Å². The van der Waals surface area contributed by atoms with Gasteiger partial charge in [0.15, 0.2) is 0 Å². The average molecular weight is 811 g/mol. The molecule has 6 heteroatoms. The molecule has 0 amide bonds. The predicted octanol–water partition coefficient (Wildman–Crippen LogP) is 9.48. The van der Waals surface area contributed by atoms with Gasteiger partial charge < -0.3 is 0 Å². The zero-order valence-corrected chi connectivity index (χ0v) is 37.8. The molecule has 0 nitrogen and oxygen atoms in total. The van der Waals surface area contributed by atoms with Crippen molar-refractivity contribution in [3.05, 3.63) is 120 Å². The molecule has 0 aromatic heterocycles. The molecule has 0 fully saturated rings.